The monoisotopic (exact) mass is 394 g/mol. The summed E-state index contributed by atoms with van der Waals surface area (Å²) >= 11 is 3.50. The van der Waals surface area contributed by atoms with Crippen molar-refractivity contribution in [3.63, 3.8) is 0 Å². The Labute approximate surface area is 147 Å². The Balaban J connectivity index is 1.59. The van der Waals surface area contributed by atoms with Crippen LogP contribution < -0.4 is 14.8 Å². The molecule has 5 nitrogen and oxygen atoms in total. The molecule has 0 spiro atoms. The minimum Gasteiger partial charge on any atom is -0.454 e. The summed E-state index contributed by atoms with van der Waals surface area (Å²) in [5.41, 5.74) is 1.43. The Morgan fingerprint density at radius 1 is 1.29 bits per heavy atom. The van der Waals surface area contributed by atoms with Crippen molar-refractivity contribution in [3.8, 4) is 11.5 Å². The third kappa shape index (κ3) is 4.04. The van der Waals surface area contributed by atoms with E-state index in [0.717, 1.165) is 10.0 Å². The van der Waals surface area contributed by atoms with E-state index in [9.17, 15) is 9.18 Å². The van der Waals surface area contributed by atoms with Crippen molar-refractivity contribution in [1.82, 2.24) is 4.90 Å². The van der Waals surface area contributed by atoms with Crippen LogP contribution in [0.5, 0.6) is 11.5 Å². The van der Waals surface area contributed by atoms with E-state index in [1.807, 2.05) is 24.1 Å². The Morgan fingerprint density at radius 2 is 2.04 bits per heavy atom. The maximum Gasteiger partial charge on any atom is 0.238 e. The first kappa shape index (κ1) is 16.7. The fourth-order valence-electron chi connectivity index (χ4n) is 2.44. The molecular formula is C17H16BrFN2O3. The molecular weight excluding hydrogens is 379 g/mol. The van der Waals surface area contributed by atoms with Crippen molar-refractivity contribution in [2.45, 2.75) is 6.54 Å². The second kappa shape index (κ2) is 7.19. The van der Waals surface area contributed by atoms with E-state index in [2.05, 4.69) is 21.2 Å². The SMILES string of the molecule is CN(CC(=O)Nc1cccc(F)c1)Cc1cc2c(cc1Br)OCO2. The van der Waals surface area contributed by atoms with Gasteiger partial charge in [0.15, 0.2) is 11.5 Å². The quantitative estimate of drug-likeness (QED) is 0.844. The topological polar surface area (TPSA) is 50.8 Å². The van der Waals surface area contributed by atoms with E-state index in [0.29, 0.717) is 23.7 Å². The zero-order valence-corrected chi connectivity index (χ0v) is 14.6. The summed E-state index contributed by atoms with van der Waals surface area (Å²) in [5, 5.41) is 2.68. The highest BCUT2D eigenvalue weighted by Crippen LogP contribution is 2.37. The first-order chi connectivity index (χ1) is 11.5. The molecule has 1 heterocycles. The van der Waals surface area contributed by atoms with E-state index in [-0.39, 0.29) is 25.1 Å². The molecule has 0 atom stereocenters. The van der Waals surface area contributed by atoms with Crippen molar-refractivity contribution < 1.29 is 18.7 Å². The van der Waals surface area contributed by atoms with Gasteiger partial charge in [0.2, 0.25) is 12.7 Å². The molecule has 0 saturated carbocycles. The number of nitrogens with zero attached hydrogens (tertiary/aromatic N) is 1. The predicted molar refractivity (Wildman–Crippen MR) is 91.6 cm³/mol. The molecule has 1 aliphatic rings. The fraction of sp³-hybridized carbons (Fsp3) is 0.235. The lowest BCUT2D eigenvalue weighted by atomic mass is 10.2. The summed E-state index contributed by atoms with van der Waals surface area (Å²) in [6.45, 7) is 0.947. The summed E-state index contributed by atoms with van der Waals surface area (Å²) in [7, 11) is 1.84. The van der Waals surface area contributed by atoms with Crippen LogP contribution in [0.3, 0.4) is 0 Å². The summed E-state index contributed by atoms with van der Waals surface area (Å²) < 4.78 is 24.7. The molecule has 1 N–H and O–H groups in total. The number of benzene rings is 2. The maximum absolute atomic E-state index is 13.1. The first-order valence-corrected chi connectivity index (χ1v) is 8.12. The number of amides is 1. The molecule has 2 aromatic carbocycles. The number of likely N-dealkylation sites (N-methyl/N-ethyl adjacent to an activating group) is 1. The third-order valence-electron chi connectivity index (χ3n) is 3.50. The van der Waals surface area contributed by atoms with Gasteiger partial charge >= 0.3 is 0 Å². The molecule has 2 aromatic rings. The molecule has 0 aromatic heterocycles. The van der Waals surface area contributed by atoms with Gasteiger partial charge in [-0.2, -0.15) is 0 Å². The average molecular weight is 395 g/mol. The van der Waals surface area contributed by atoms with Crippen molar-refractivity contribution in [3.05, 3.63) is 52.3 Å². The lowest BCUT2D eigenvalue weighted by Crippen LogP contribution is -2.30. The van der Waals surface area contributed by atoms with Crippen LogP contribution in [0.2, 0.25) is 0 Å². The molecule has 24 heavy (non-hydrogen) atoms. The number of rotatable bonds is 5. The van der Waals surface area contributed by atoms with Crippen LogP contribution in [0.15, 0.2) is 40.9 Å². The highest BCUT2D eigenvalue weighted by molar-refractivity contribution is 9.10. The van der Waals surface area contributed by atoms with E-state index in [4.69, 9.17) is 9.47 Å². The number of carbonyl (C=O) groups is 1. The zero-order valence-electron chi connectivity index (χ0n) is 13.0. The van der Waals surface area contributed by atoms with E-state index < -0.39 is 0 Å². The predicted octanol–water partition coefficient (Wildman–Crippen LogP) is 3.39. The van der Waals surface area contributed by atoms with Crippen LogP contribution in [0, 0.1) is 5.82 Å². The molecule has 3 rings (SSSR count). The summed E-state index contributed by atoms with van der Waals surface area (Å²) in [6, 6.07) is 9.57. The number of hydrogen-bond donors (Lipinski definition) is 1. The summed E-state index contributed by atoms with van der Waals surface area (Å²) in [5.74, 6) is 0.813. The largest absolute Gasteiger partial charge is 0.454 e. The lowest BCUT2D eigenvalue weighted by Gasteiger charge is -2.17. The first-order valence-electron chi connectivity index (χ1n) is 7.33. The second-order valence-electron chi connectivity index (χ2n) is 5.53. The highest BCUT2D eigenvalue weighted by atomic mass is 79.9. The van der Waals surface area contributed by atoms with Crippen LogP contribution in [0.4, 0.5) is 10.1 Å². The molecule has 1 aliphatic heterocycles. The lowest BCUT2D eigenvalue weighted by molar-refractivity contribution is -0.117. The smallest absolute Gasteiger partial charge is 0.238 e. The number of halogens is 2. The van der Waals surface area contributed by atoms with Gasteiger partial charge in [0, 0.05) is 16.7 Å². The van der Waals surface area contributed by atoms with Crippen LogP contribution in [-0.4, -0.2) is 31.2 Å². The van der Waals surface area contributed by atoms with Crippen molar-refractivity contribution >= 4 is 27.5 Å². The normalized spacial score (nSPS) is 12.5. The molecule has 0 fully saturated rings. The molecule has 0 bridgehead atoms. The Bertz CT molecular complexity index is 769. The van der Waals surface area contributed by atoms with Gasteiger partial charge in [-0.1, -0.05) is 22.0 Å². The molecule has 7 heteroatoms. The zero-order chi connectivity index (χ0) is 17.1. The van der Waals surface area contributed by atoms with E-state index >= 15 is 0 Å². The molecule has 0 saturated heterocycles. The Morgan fingerprint density at radius 3 is 2.79 bits per heavy atom. The minimum absolute atomic E-state index is 0.178. The number of ether oxygens (including phenoxy) is 2. The third-order valence-corrected chi connectivity index (χ3v) is 4.24. The average Bonchev–Trinajstić information content (AvgIpc) is 2.94. The molecule has 0 aliphatic carbocycles. The van der Waals surface area contributed by atoms with Crippen molar-refractivity contribution in [2.75, 3.05) is 25.7 Å². The maximum atomic E-state index is 13.1. The van der Waals surface area contributed by atoms with Crippen molar-refractivity contribution in [1.29, 1.82) is 0 Å². The highest BCUT2D eigenvalue weighted by Gasteiger charge is 2.17. The van der Waals surface area contributed by atoms with E-state index in [1.54, 1.807) is 12.1 Å². The molecule has 0 unspecified atom stereocenters. The second-order valence-corrected chi connectivity index (χ2v) is 6.38. The van der Waals surface area contributed by atoms with Gasteiger partial charge in [-0.3, -0.25) is 9.69 Å². The van der Waals surface area contributed by atoms with Gasteiger partial charge in [-0.15, -0.1) is 0 Å². The number of fused-ring (bicyclic) bond motifs is 1. The number of nitrogens with one attached hydrogen (secondary N) is 1. The van der Waals surface area contributed by atoms with Crippen LogP contribution in [0.1, 0.15) is 5.56 Å². The number of hydrogen-bond acceptors (Lipinski definition) is 4. The summed E-state index contributed by atoms with van der Waals surface area (Å²) in [4.78, 5) is 13.9. The van der Waals surface area contributed by atoms with Crippen LogP contribution in [-0.2, 0) is 11.3 Å². The minimum atomic E-state index is -0.384. The van der Waals surface area contributed by atoms with Gasteiger partial charge in [0.05, 0.1) is 6.54 Å². The fourth-order valence-corrected chi connectivity index (χ4v) is 2.89. The standard InChI is InChI=1S/C17H16BrFN2O3/c1-21(9-17(22)20-13-4-2-3-12(19)6-13)8-11-5-15-16(7-14(11)18)24-10-23-15/h2-7H,8-10H2,1H3,(H,20,22). The van der Waals surface area contributed by atoms with Gasteiger partial charge in [-0.05, 0) is 42.9 Å². The van der Waals surface area contributed by atoms with Crippen molar-refractivity contribution in [2.24, 2.45) is 0 Å². The van der Waals surface area contributed by atoms with Gasteiger partial charge < -0.3 is 14.8 Å². The number of anilines is 1. The number of carbonyl (C=O) groups excluding carboxylic acids is 1. The van der Waals surface area contributed by atoms with Gasteiger partial charge in [0.1, 0.15) is 5.82 Å². The Kier molecular flexibility index (Phi) is 5.01. The van der Waals surface area contributed by atoms with Gasteiger partial charge in [0.25, 0.3) is 0 Å². The van der Waals surface area contributed by atoms with E-state index in [1.165, 1.54) is 12.1 Å². The molecule has 0 radical (unpaired) electrons. The van der Waals surface area contributed by atoms with Crippen LogP contribution >= 0.6 is 15.9 Å². The van der Waals surface area contributed by atoms with Gasteiger partial charge in [-0.25, -0.2) is 4.39 Å². The Hall–Kier alpha value is -2.12. The van der Waals surface area contributed by atoms with Crippen LogP contribution in [0.25, 0.3) is 0 Å². The summed E-state index contributed by atoms with van der Waals surface area (Å²) in [6.07, 6.45) is 0. The molecule has 1 amide bonds. The molecule has 126 valence electrons.